The van der Waals surface area contributed by atoms with Gasteiger partial charge in [-0.2, -0.15) is 5.10 Å². The Kier molecular flexibility index (Phi) is 8.07. The third-order valence-electron chi connectivity index (χ3n) is 4.84. The van der Waals surface area contributed by atoms with Crippen LogP contribution in [0.15, 0.2) is 77.9 Å². The van der Waals surface area contributed by atoms with Crippen molar-refractivity contribution >= 4 is 29.4 Å². The summed E-state index contributed by atoms with van der Waals surface area (Å²) >= 11 is 5.87. The van der Waals surface area contributed by atoms with Crippen molar-refractivity contribution in [2.45, 2.75) is 20.5 Å². The number of benzene rings is 3. The molecule has 0 heterocycles. The number of nitrogens with zero attached hydrogens (tertiary/aromatic N) is 2. The number of nitrogens with one attached hydrogen (secondary N) is 1. The van der Waals surface area contributed by atoms with Crippen LogP contribution in [-0.2, 0) is 6.61 Å². The van der Waals surface area contributed by atoms with Crippen LogP contribution in [0.5, 0.6) is 5.75 Å². The minimum Gasteiger partial charge on any atom is -0.489 e. The fourth-order valence-corrected chi connectivity index (χ4v) is 3.17. The smallest absolute Gasteiger partial charge is 0.271 e. The van der Waals surface area contributed by atoms with Gasteiger partial charge >= 0.3 is 0 Å². The molecule has 1 amide bonds. The van der Waals surface area contributed by atoms with Gasteiger partial charge in [0.05, 0.1) is 6.21 Å². The fourth-order valence-electron chi connectivity index (χ4n) is 3.04. The second-order valence-electron chi connectivity index (χ2n) is 6.90. The first-order valence-corrected chi connectivity index (χ1v) is 10.6. The van der Waals surface area contributed by atoms with Gasteiger partial charge in [0.25, 0.3) is 5.91 Å². The van der Waals surface area contributed by atoms with Crippen molar-refractivity contribution in [2.75, 3.05) is 18.0 Å². The minimum atomic E-state index is -0.263. The molecular formula is C25H26ClN3O2. The van der Waals surface area contributed by atoms with Gasteiger partial charge in [-0.05, 0) is 73.5 Å². The molecule has 1 N–H and O–H groups in total. The van der Waals surface area contributed by atoms with Gasteiger partial charge in [0.1, 0.15) is 12.4 Å². The minimum absolute atomic E-state index is 0.263. The van der Waals surface area contributed by atoms with Gasteiger partial charge in [-0.25, -0.2) is 5.43 Å². The highest BCUT2D eigenvalue weighted by atomic mass is 35.5. The molecule has 0 saturated carbocycles. The van der Waals surface area contributed by atoms with E-state index in [1.807, 2.05) is 36.4 Å². The predicted octanol–water partition coefficient (Wildman–Crippen LogP) is 5.53. The molecule has 31 heavy (non-hydrogen) atoms. The Morgan fingerprint density at radius 3 is 2.23 bits per heavy atom. The lowest BCUT2D eigenvalue weighted by molar-refractivity contribution is 0.0955. The number of carbonyl (C=O) groups excluding carboxylic acids is 1. The van der Waals surface area contributed by atoms with Crippen LogP contribution in [-0.4, -0.2) is 25.2 Å². The summed E-state index contributed by atoms with van der Waals surface area (Å²) in [6, 6.07) is 22.5. The average molecular weight is 436 g/mol. The van der Waals surface area contributed by atoms with Crippen molar-refractivity contribution in [1.82, 2.24) is 5.43 Å². The number of ether oxygens (including phenoxy) is 1. The summed E-state index contributed by atoms with van der Waals surface area (Å²) in [5.41, 5.74) is 6.15. The first kappa shape index (κ1) is 22.4. The highest BCUT2D eigenvalue weighted by molar-refractivity contribution is 6.30. The summed E-state index contributed by atoms with van der Waals surface area (Å²) in [6.07, 6.45) is 1.64. The summed E-state index contributed by atoms with van der Waals surface area (Å²) in [5.74, 6) is 0.479. The van der Waals surface area contributed by atoms with Crippen LogP contribution in [0.25, 0.3) is 0 Å². The molecule has 0 bridgehead atoms. The van der Waals surface area contributed by atoms with Crippen LogP contribution in [0, 0.1) is 0 Å². The van der Waals surface area contributed by atoms with Crippen LogP contribution in [0.1, 0.15) is 35.3 Å². The van der Waals surface area contributed by atoms with Gasteiger partial charge in [0.2, 0.25) is 0 Å². The Morgan fingerprint density at radius 2 is 1.61 bits per heavy atom. The van der Waals surface area contributed by atoms with Crippen LogP contribution in [0.3, 0.4) is 0 Å². The third-order valence-corrected chi connectivity index (χ3v) is 5.09. The van der Waals surface area contributed by atoms with Crippen LogP contribution in [0.4, 0.5) is 5.69 Å². The first-order chi connectivity index (χ1) is 15.1. The molecule has 0 aliphatic rings. The Morgan fingerprint density at radius 1 is 0.968 bits per heavy atom. The van der Waals surface area contributed by atoms with E-state index in [9.17, 15) is 4.79 Å². The summed E-state index contributed by atoms with van der Waals surface area (Å²) in [4.78, 5) is 14.6. The van der Waals surface area contributed by atoms with Gasteiger partial charge in [-0.1, -0.05) is 35.9 Å². The highest BCUT2D eigenvalue weighted by Crippen LogP contribution is 2.17. The summed E-state index contributed by atoms with van der Waals surface area (Å²) in [5, 5.41) is 4.73. The molecule has 0 radical (unpaired) electrons. The number of rotatable bonds is 9. The largest absolute Gasteiger partial charge is 0.489 e. The predicted molar refractivity (Wildman–Crippen MR) is 127 cm³/mol. The average Bonchev–Trinajstić information content (AvgIpc) is 2.81. The number of amides is 1. The maximum atomic E-state index is 12.3. The van der Waals surface area contributed by atoms with Crippen molar-refractivity contribution in [3.8, 4) is 5.75 Å². The van der Waals surface area contributed by atoms with Crippen LogP contribution in [0.2, 0.25) is 5.02 Å². The van der Waals surface area contributed by atoms with Crippen LogP contribution >= 0.6 is 11.6 Å². The molecule has 3 rings (SSSR count). The van der Waals surface area contributed by atoms with Gasteiger partial charge < -0.3 is 9.64 Å². The number of hydrazone groups is 1. The standard InChI is InChI=1S/C25H26ClN3O2/c1-3-29(4-2)23-13-7-19(8-14-23)17-27-28-25(30)21-9-5-20(6-10-21)18-31-24-15-11-22(26)12-16-24/h5-17H,3-4,18H2,1-2H3,(H,28,30)/b27-17+. The van der Waals surface area contributed by atoms with Crippen molar-refractivity contribution in [2.24, 2.45) is 5.10 Å². The normalized spacial score (nSPS) is 10.8. The van der Waals surface area contributed by atoms with Gasteiger partial charge in [-0.3, -0.25) is 4.79 Å². The number of anilines is 1. The lowest BCUT2D eigenvalue weighted by Gasteiger charge is -2.20. The molecule has 0 atom stereocenters. The van der Waals surface area contributed by atoms with Crippen molar-refractivity contribution in [1.29, 1.82) is 0 Å². The third kappa shape index (κ3) is 6.59. The summed E-state index contributed by atoms with van der Waals surface area (Å²) in [7, 11) is 0. The van der Waals surface area contributed by atoms with E-state index in [1.54, 1.807) is 30.5 Å². The van der Waals surface area contributed by atoms with E-state index in [0.717, 1.165) is 30.0 Å². The highest BCUT2D eigenvalue weighted by Gasteiger charge is 2.05. The number of hydrogen-bond acceptors (Lipinski definition) is 4. The van der Waals surface area contributed by atoms with Gasteiger partial charge in [0, 0.05) is 29.4 Å². The van der Waals surface area contributed by atoms with Crippen molar-refractivity contribution in [3.63, 3.8) is 0 Å². The Bertz CT molecular complexity index is 996. The number of carbonyl (C=O) groups is 1. The zero-order valence-electron chi connectivity index (χ0n) is 17.7. The fraction of sp³-hybridized carbons (Fsp3) is 0.200. The molecule has 160 valence electrons. The van der Waals surface area contributed by atoms with E-state index in [0.29, 0.717) is 17.2 Å². The topological polar surface area (TPSA) is 53.9 Å². The lowest BCUT2D eigenvalue weighted by atomic mass is 10.1. The first-order valence-electron chi connectivity index (χ1n) is 10.2. The van der Waals surface area contributed by atoms with Crippen molar-refractivity contribution < 1.29 is 9.53 Å². The molecule has 3 aromatic rings. The molecule has 0 aromatic heterocycles. The second kappa shape index (κ2) is 11.2. The molecular weight excluding hydrogens is 410 g/mol. The molecule has 0 aliphatic heterocycles. The Hall–Kier alpha value is -3.31. The summed E-state index contributed by atoms with van der Waals surface area (Å²) < 4.78 is 5.71. The monoisotopic (exact) mass is 435 g/mol. The van der Waals surface area contributed by atoms with E-state index in [2.05, 4.69) is 41.4 Å². The number of halogens is 1. The molecule has 5 nitrogen and oxygen atoms in total. The second-order valence-corrected chi connectivity index (χ2v) is 7.34. The zero-order valence-corrected chi connectivity index (χ0v) is 18.5. The molecule has 3 aromatic carbocycles. The SMILES string of the molecule is CCN(CC)c1ccc(/C=N/NC(=O)c2ccc(COc3ccc(Cl)cc3)cc2)cc1. The Balaban J connectivity index is 1.50. The lowest BCUT2D eigenvalue weighted by Crippen LogP contribution is -2.21. The maximum Gasteiger partial charge on any atom is 0.271 e. The van der Waals surface area contributed by atoms with Gasteiger partial charge in [-0.15, -0.1) is 0 Å². The summed E-state index contributed by atoms with van der Waals surface area (Å²) in [6.45, 7) is 6.60. The van der Waals surface area contributed by atoms with E-state index in [-0.39, 0.29) is 5.91 Å². The Labute approximate surface area is 188 Å². The molecule has 0 saturated heterocycles. The van der Waals surface area contributed by atoms with Crippen LogP contribution < -0.4 is 15.1 Å². The van der Waals surface area contributed by atoms with E-state index < -0.39 is 0 Å². The zero-order chi connectivity index (χ0) is 22.1. The quantitative estimate of drug-likeness (QED) is 0.355. The van der Waals surface area contributed by atoms with Crippen molar-refractivity contribution in [3.05, 3.63) is 94.5 Å². The molecule has 6 heteroatoms. The molecule has 0 spiro atoms. The molecule has 0 fully saturated rings. The molecule has 0 aliphatic carbocycles. The van der Waals surface area contributed by atoms with E-state index in [1.165, 1.54) is 5.69 Å². The van der Waals surface area contributed by atoms with Gasteiger partial charge in [0.15, 0.2) is 0 Å². The maximum absolute atomic E-state index is 12.3. The van der Waals surface area contributed by atoms with E-state index >= 15 is 0 Å². The van der Waals surface area contributed by atoms with E-state index in [4.69, 9.17) is 16.3 Å². The molecule has 0 unspecified atom stereocenters. The number of hydrogen-bond donors (Lipinski definition) is 1.